The number of amides is 1. The zero-order valence-corrected chi connectivity index (χ0v) is 13.8. The van der Waals surface area contributed by atoms with Crippen molar-refractivity contribution in [3.63, 3.8) is 0 Å². The molecule has 0 aromatic carbocycles. The van der Waals surface area contributed by atoms with E-state index in [1.807, 2.05) is 24.4 Å². The van der Waals surface area contributed by atoms with Crippen molar-refractivity contribution in [3.05, 3.63) is 61.1 Å². The first-order chi connectivity index (χ1) is 12.8. The van der Waals surface area contributed by atoms with Crippen LogP contribution in [0.15, 0.2) is 59.8 Å². The van der Waals surface area contributed by atoms with Gasteiger partial charge >= 0.3 is 0 Å². The molecule has 0 spiro atoms. The standard InChI is InChI=1S/C19H16N4O3/c24-6-5-21-19(25)17-14(2-1-4-20-17)13-8-15-16(12-3-7-26-11-12)10-23-18(15)22-9-13/h1-4,7-11,24H,5-6H2,(H,21,25)(H,22,23). The first-order valence-electron chi connectivity index (χ1n) is 8.12. The Kier molecular flexibility index (Phi) is 4.20. The molecule has 0 aliphatic carbocycles. The van der Waals surface area contributed by atoms with Crippen molar-refractivity contribution in [1.29, 1.82) is 0 Å². The van der Waals surface area contributed by atoms with E-state index in [0.29, 0.717) is 11.3 Å². The quantitative estimate of drug-likeness (QED) is 0.514. The molecule has 3 N–H and O–H groups in total. The van der Waals surface area contributed by atoms with Gasteiger partial charge in [0.25, 0.3) is 5.91 Å². The number of hydrogen-bond donors (Lipinski definition) is 3. The number of aliphatic hydroxyl groups excluding tert-OH is 1. The summed E-state index contributed by atoms with van der Waals surface area (Å²) in [5, 5.41) is 12.5. The first kappa shape index (κ1) is 16.0. The van der Waals surface area contributed by atoms with E-state index in [0.717, 1.165) is 27.7 Å². The van der Waals surface area contributed by atoms with E-state index in [2.05, 4.69) is 20.3 Å². The molecule has 0 atom stereocenters. The third-order valence-electron chi connectivity index (χ3n) is 4.09. The van der Waals surface area contributed by atoms with Crippen molar-refractivity contribution >= 4 is 16.9 Å². The summed E-state index contributed by atoms with van der Waals surface area (Å²) in [6.07, 6.45) is 8.45. The highest BCUT2D eigenvalue weighted by Gasteiger charge is 2.16. The first-order valence-corrected chi connectivity index (χ1v) is 8.12. The summed E-state index contributed by atoms with van der Waals surface area (Å²) in [6, 6.07) is 7.46. The molecule has 0 bridgehead atoms. The molecular weight excluding hydrogens is 332 g/mol. The maximum absolute atomic E-state index is 12.3. The van der Waals surface area contributed by atoms with Crippen LogP contribution in [0, 0.1) is 0 Å². The molecule has 0 aliphatic rings. The van der Waals surface area contributed by atoms with Crippen LogP contribution in [0.4, 0.5) is 0 Å². The zero-order chi connectivity index (χ0) is 17.9. The number of carbonyl (C=O) groups excluding carboxylic acids is 1. The van der Waals surface area contributed by atoms with Crippen molar-refractivity contribution < 1.29 is 14.3 Å². The van der Waals surface area contributed by atoms with Crippen LogP contribution in [-0.2, 0) is 0 Å². The Morgan fingerprint density at radius 3 is 2.96 bits per heavy atom. The molecule has 4 aromatic rings. The molecule has 26 heavy (non-hydrogen) atoms. The molecular formula is C19H16N4O3. The molecule has 4 aromatic heterocycles. The zero-order valence-electron chi connectivity index (χ0n) is 13.8. The third kappa shape index (κ3) is 2.84. The molecule has 0 aliphatic heterocycles. The van der Waals surface area contributed by atoms with Gasteiger partial charge in [0.2, 0.25) is 0 Å². The van der Waals surface area contributed by atoms with Crippen LogP contribution in [0.2, 0.25) is 0 Å². The average Bonchev–Trinajstić information content (AvgIpc) is 3.34. The van der Waals surface area contributed by atoms with E-state index in [1.54, 1.807) is 31.0 Å². The van der Waals surface area contributed by atoms with Crippen LogP contribution in [0.25, 0.3) is 33.3 Å². The number of rotatable bonds is 5. The fraction of sp³-hybridized carbons (Fsp3) is 0.105. The van der Waals surface area contributed by atoms with E-state index < -0.39 is 0 Å². The fourth-order valence-corrected chi connectivity index (χ4v) is 2.88. The summed E-state index contributed by atoms with van der Waals surface area (Å²) in [4.78, 5) is 24.2. The number of furan rings is 1. The lowest BCUT2D eigenvalue weighted by Crippen LogP contribution is -2.27. The normalized spacial score (nSPS) is 11.0. The largest absolute Gasteiger partial charge is 0.472 e. The van der Waals surface area contributed by atoms with E-state index in [4.69, 9.17) is 9.52 Å². The van der Waals surface area contributed by atoms with Gasteiger partial charge in [0.1, 0.15) is 11.3 Å². The van der Waals surface area contributed by atoms with Gasteiger partial charge in [0, 0.05) is 52.8 Å². The second-order valence-electron chi connectivity index (χ2n) is 5.71. The highest BCUT2D eigenvalue weighted by Crippen LogP contribution is 2.31. The number of fused-ring (bicyclic) bond motifs is 1. The Hall–Kier alpha value is -3.45. The van der Waals surface area contributed by atoms with E-state index >= 15 is 0 Å². The van der Waals surface area contributed by atoms with Crippen LogP contribution in [0.5, 0.6) is 0 Å². The number of aromatic nitrogens is 3. The number of pyridine rings is 2. The van der Waals surface area contributed by atoms with Gasteiger partial charge < -0.3 is 19.8 Å². The minimum absolute atomic E-state index is 0.126. The number of nitrogens with zero attached hydrogens (tertiary/aromatic N) is 2. The highest BCUT2D eigenvalue weighted by atomic mass is 16.3. The Labute approximate surface area is 148 Å². The third-order valence-corrected chi connectivity index (χ3v) is 4.09. The minimum Gasteiger partial charge on any atom is -0.472 e. The minimum atomic E-state index is -0.334. The van der Waals surface area contributed by atoms with E-state index in [1.165, 1.54) is 0 Å². The van der Waals surface area contributed by atoms with Crippen LogP contribution < -0.4 is 5.32 Å². The summed E-state index contributed by atoms with van der Waals surface area (Å²) in [7, 11) is 0. The predicted octanol–water partition coefficient (Wildman–Crippen LogP) is 2.61. The van der Waals surface area contributed by atoms with Crippen molar-refractivity contribution in [2.24, 2.45) is 0 Å². The SMILES string of the molecule is O=C(NCCO)c1ncccc1-c1cnc2[nH]cc(-c3ccoc3)c2c1. The van der Waals surface area contributed by atoms with Gasteiger partial charge in [-0.2, -0.15) is 0 Å². The second-order valence-corrected chi connectivity index (χ2v) is 5.71. The van der Waals surface area contributed by atoms with Crippen molar-refractivity contribution in [2.45, 2.75) is 0 Å². The average molecular weight is 348 g/mol. The van der Waals surface area contributed by atoms with Crippen LogP contribution in [0.1, 0.15) is 10.5 Å². The predicted molar refractivity (Wildman–Crippen MR) is 96.4 cm³/mol. The number of nitrogens with one attached hydrogen (secondary N) is 2. The Bertz CT molecular complexity index is 1050. The van der Waals surface area contributed by atoms with Crippen LogP contribution in [0.3, 0.4) is 0 Å². The van der Waals surface area contributed by atoms with Gasteiger partial charge in [-0.15, -0.1) is 0 Å². The summed E-state index contributed by atoms with van der Waals surface area (Å²) >= 11 is 0. The molecule has 7 nitrogen and oxygen atoms in total. The molecule has 0 saturated heterocycles. The number of aromatic amines is 1. The lowest BCUT2D eigenvalue weighted by Gasteiger charge is -2.09. The number of hydrogen-bond acceptors (Lipinski definition) is 5. The Balaban J connectivity index is 1.80. The van der Waals surface area contributed by atoms with Crippen molar-refractivity contribution in [1.82, 2.24) is 20.3 Å². The van der Waals surface area contributed by atoms with E-state index in [-0.39, 0.29) is 19.1 Å². The highest BCUT2D eigenvalue weighted by molar-refractivity contribution is 6.01. The van der Waals surface area contributed by atoms with Crippen LogP contribution in [-0.4, -0.2) is 39.1 Å². The summed E-state index contributed by atoms with van der Waals surface area (Å²) in [5.41, 5.74) is 4.42. The molecule has 0 fully saturated rings. The summed E-state index contributed by atoms with van der Waals surface area (Å²) in [6.45, 7) is 0.0490. The molecule has 130 valence electrons. The van der Waals surface area contributed by atoms with Gasteiger partial charge in [0.15, 0.2) is 0 Å². The van der Waals surface area contributed by atoms with Gasteiger partial charge in [-0.05, 0) is 18.2 Å². The molecule has 1 amide bonds. The molecule has 0 unspecified atom stereocenters. The van der Waals surface area contributed by atoms with Gasteiger partial charge in [0.05, 0.1) is 19.1 Å². The maximum Gasteiger partial charge on any atom is 0.270 e. The summed E-state index contributed by atoms with van der Waals surface area (Å²) in [5.74, 6) is -0.334. The molecule has 0 saturated carbocycles. The van der Waals surface area contributed by atoms with Crippen molar-refractivity contribution in [2.75, 3.05) is 13.2 Å². The second kappa shape index (κ2) is 6.81. The molecule has 0 radical (unpaired) electrons. The molecule has 4 rings (SSSR count). The van der Waals surface area contributed by atoms with Crippen LogP contribution >= 0.6 is 0 Å². The fourth-order valence-electron chi connectivity index (χ4n) is 2.88. The number of carbonyl (C=O) groups is 1. The Morgan fingerprint density at radius 2 is 2.15 bits per heavy atom. The summed E-state index contributed by atoms with van der Waals surface area (Å²) < 4.78 is 5.17. The molecule has 4 heterocycles. The smallest absolute Gasteiger partial charge is 0.270 e. The Morgan fingerprint density at radius 1 is 1.23 bits per heavy atom. The lowest BCUT2D eigenvalue weighted by molar-refractivity contribution is 0.0940. The lowest BCUT2D eigenvalue weighted by atomic mass is 10.0. The van der Waals surface area contributed by atoms with Gasteiger partial charge in [-0.1, -0.05) is 6.07 Å². The topological polar surface area (TPSA) is 104 Å². The van der Waals surface area contributed by atoms with Gasteiger partial charge in [-0.3, -0.25) is 9.78 Å². The number of H-pyrrole nitrogens is 1. The van der Waals surface area contributed by atoms with E-state index in [9.17, 15) is 4.79 Å². The van der Waals surface area contributed by atoms with Gasteiger partial charge in [-0.25, -0.2) is 4.98 Å². The number of aliphatic hydroxyl groups is 1. The molecule has 7 heteroatoms. The van der Waals surface area contributed by atoms with Crippen molar-refractivity contribution in [3.8, 4) is 22.3 Å². The maximum atomic E-state index is 12.3. The monoisotopic (exact) mass is 348 g/mol.